The Morgan fingerprint density at radius 3 is 2.53 bits per heavy atom. The highest BCUT2D eigenvalue weighted by Gasteiger charge is 2.12. The standard InChI is InChI=1S/C14H26N2S/c1-3-4-5-6-7-8-9-14(16-15)13-10-11-17-12(13)2/h10-11,14,16H,3-9,15H2,1-2H3. The molecule has 0 bridgehead atoms. The molecule has 3 N–H and O–H groups in total. The third-order valence-electron chi connectivity index (χ3n) is 3.32. The van der Waals surface area contributed by atoms with Crippen molar-refractivity contribution in [2.45, 2.75) is 64.8 Å². The average molecular weight is 254 g/mol. The van der Waals surface area contributed by atoms with Gasteiger partial charge in [-0.05, 0) is 30.4 Å². The highest BCUT2D eigenvalue weighted by Crippen LogP contribution is 2.26. The van der Waals surface area contributed by atoms with E-state index in [0.29, 0.717) is 6.04 Å². The van der Waals surface area contributed by atoms with Crippen molar-refractivity contribution in [1.82, 2.24) is 5.43 Å². The molecule has 0 aliphatic rings. The average Bonchev–Trinajstić information content (AvgIpc) is 2.75. The van der Waals surface area contributed by atoms with Crippen LogP contribution < -0.4 is 11.3 Å². The summed E-state index contributed by atoms with van der Waals surface area (Å²) in [6.07, 6.45) is 9.21. The first-order chi connectivity index (χ1) is 8.29. The van der Waals surface area contributed by atoms with Crippen LogP contribution in [0.3, 0.4) is 0 Å². The molecule has 0 aliphatic heterocycles. The molecule has 2 nitrogen and oxygen atoms in total. The molecular formula is C14H26N2S. The Kier molecular flexibility index (Phi) is 7.49. The maximum atomic E-state index is 5.65. The molecule has 1 aromatic heterocycles. The second-order valence-electron chi connectivity index (χ2n) is 4.71. The SMILES string of the molecule is CCCCCCCCC(NN)c1ccsc1C. The Hall–Kier alpha value is -0.380. The van der Waals surface area contributed by atoms with E-state index in [4.69, 9.17) is 5.84 Å². The molecule has 1 unspecified atom stereocenters. The largest absolute Gasteiger partial charge is 0.271 e. The number of hydrazine groups is 1. The predicted octanol–water partition coefficient (Wildman–Crippen LogP) is 4.31. The normalized spacial score (nSPS) is 12.9. The van der Waals surface area contributed by atoms with E-state index in [0.717, 1.165) is 6.42 Å². The molecule has 98 valence electrons. The molecule has 1 atom stereocenters. The van der Waals surface area contributed by atoms with Crippen LogP contribution in [0.1, 0.15) is 68.4 Å². The zero-order chi connectivity index (χ0) is 12.5. The van der Waals surface area contributed by atoms with Crippen molar-refractivity contribution in [3.05, 3.63) is 21.9 Å². The zero-order valence-corrected chi connectivity index (χ0v) is 12.0. The summed E-state index contributed by atoms with van der Waals surface area (Å²) in [5.41, 5.74) is 4.33. The fraction of sp³-hybridized carbons (Fsp3) is 0.714. The molecule has 1 heterocycles. The Balaban J connectivity index is 2.22. The molecule has 0 aliphatic carbocycles. The van der Waals surface area contributed by atoms with Crippen molar-refractivity contribution in [2.24, 2.45) is 5.84 Å². The first kappa shape index (κ1) is 14.7. The third-order valence-corrected chi connectivity index (χ3v) is 4.18. The minimum absolute atomic E-state index is 0.340. The number of nitrogens with one attached hydrogen (secondary N) is 1. The summed E-state index contributed by atoms with van der Waals surface area (Å²) in [5, 5.41) is 2.15. The number of hydrogen-bond donors (Lipinski definition) is 2. The van der Waals surface area contributed by atoms with E-state index in [-0.39, 0.29) is 0 Å². The van der Waals surface area contributed by atoms with E-state index < -0.39 is 0 Å². The Bertz CT molecular complexity index is 296. The van der Waals surface area contributed by atoms with E-state index in [2.05, 4.69) is 30.7 Å². The van der Waals surface area contributed by atoms with Crippen LogP contribution in [0.4, 0.5) is 0 Å². The molecule has 0 saturated heterocycles. The molecule has 0 fully saturated rings. The molecule has 1 aromatic rings. The molecule has 17 heavy (non-hydrogen) atoms. The summed E-state index contributed by atoms with van der Waals surface area (Å²) in [6, 6.07) is 2.54. The maximum Gasteiger partial charge on any atom is 0.0470 e. The number of nitrogens with two attached hydrogens (primary N) is 1. The second-order valence-corrected chi connectivity index (χ2v) is 5.83. The van der Waals surface area contributed by atoms with Gasteiger partial charge in [0, 0.05) is 10.9 Å². The van der Waals surface area contributed by atoms with Crippen LogP contribution in [0, 0.1) is 6.92 Å². The minimum Gasteiger partial charge on any atom is -0.271 e. The van der Waals surface area contributed by atoms with Crippen LogP contribution in [-0.4, -0.2) is 0 Å². The van der Waals surface area contributed by atoms with Crippen LogP contribution in [-0.2, 0) is 0 Å². The van der Waals surface area contributed by atoms with Crippen LogP contribution in [0.15, 0.2) is 11.4 Å². The molecule has 0 saturated carbocycles. The highest BCUT2D eigenvalue weighted by atomic mass is 32.1. The summed E-state index contributed by atoms with van der Waals surface area (Å²) in [5.74, 6) is 5.65. The van der Waals surface area contributed by atoms with Crippen LogP contribution in [0.2, 0.25) is 0 Å². The van der Waals surface area contributed by atoms with Crippen molar-refractivity contribution in [1.29, 1.82) is 0 Å². The van der Waals surface area contributed by atoms with Crippen molar-refractivity contribution in [2.75, 3.05) is 0 Å². The molecule has 3 heteroatoms. The number of unbranched alkanes of at least 4 members (excludes halogenated alkanes) is 5. The van der Waals surface area contributed by atoms with Gasteiger partial charge in [-0.15, -0.1) is 11.3 Å². The Morgan fingerprint density at radius 2 is 1.94 bits per heavy atom. The third kappa shape index (κ3) is 5.19. The molecule has 0 amide bonds. The van der Waals surface area contributed by atoms with Crippen LogP contribution >= 0.6 is 11.3 Å². The fourth-order valence-electron chi connectivity index (χ4n) is 2.21. The predicted molar refractivity (Wildman–Crippen MR) is 77.1 cm³/mol. The highest BCUT2D eigenvalue weighted by molar-refractivity contribution is 7.10. The molecule has 1 rings (SSSR count). The van der Waals surface area contributed by atoms with Gasteiger partial charge >= 0.3 is 0 Å². The summed E-state index contributed by atoms with van der Waals surface area (Å²) in [6.45, 7) is 4.43. The van der Waals surface area contributed by atoms with Gasteiger partial charge in [-0.1, -0.05) is 45.4 Å². The monoisotopic (exact) mass is 254 g/mol. The van der Waals surface area contributed by atoms with Gasteiger partial charge in [-0.3, -0.25) is 11.3 Å². The van der Waals surface area contributed by atoms with E-state index >= 15 is 0 Å². The Labute approximate surface area is 110 Å². The van der Waals surface area contributed by atoms with Gasteiger partial charge in [0.1, 0.15) is 0 Å². The summed E-state index contributed by atoms with van der Waals surface area (Å²) in [4.78, 5) is 1.39. The van der Waals surface area contributed by atoms with E-state index in [1.165, 1.54) is 49.0 Å². The second kappa shape index (κ2) is 8.67. The van der Waals surface area contributed by atoms with Gasteiger partial charge in [-0.2, -0.15) is 0 Å². The van der Waals surface area contributed by atoms with Crippen molar-refractivity contribution in [3.63, 3.8) is 0 Å². The van der Waals surface area contributed by atoms with Crippen LogP contribution in [0.5, 0.6) is 0 Å². The van der Waals surface area contributed by atoms with Gasteiger partial charge in [0.2, 0.25) is 0 Å². The van der Waals surface area contributed by atoms with Crippen molar-refractivity contribution < 1.29 is 0 Å². The molecule has 0 aromatic carbocycles. The van der Waals surface area contributed by atoms with Gasteiger partial charge in [0.15, 0.2) is 0 Å². The zero-order valence-electron chi connectivity index (χ0n) is 11.2. The van der Waals surface area contributed by atoms with Gasteiger partial charge < -0.3 is 0 Å². The van der Waals surface area contributed by atoms with Crippen LogP contribution in [0.25, 0.3) is 0 Å². The van der Waals surface area contributed by atoms with E-state index in [9.17, 15) is 0 Å². The topological polar surface area (TPSA) is 38.0 Å². The fourth-order valence-corrected chi connectivity index (χ4v) is 2.98. The lowest BCUT2D eigenvalue weighted by atomic mass is 10.0. The maximum absolute atomic E-state index is 5.65. The van der Waals surface area contributed by atoms with E-state index in [1.54, 1.807) is 11.3 Å². The van der Waals surface area contributed by atoms with Gasteiger partial charge in [0.25, 0.3) is 0 Å². The lowest BCUT2D eigenvalue weighted by Gasteiger charge is -2.15. The lowest BCUT2D eigenvalue weighted by Crippen LogP contribution is -2.28. The number of thiophene rings is 1. The number of hydrogen-bond acceptors (Lipinski definition) is 3. The molecule has 0 radical (unpaired) electrons. The number of aryl methyl sites for hydroxylation is 1. The van der Waals surface area contributed by atoms with Crippen molar-refractivity contribution >= 4 is 11.3 Å². The first-order valence-electron chi connectivity index (χ1n) is 6.79. The van der Waals surface area contributed by atoms with Crippen molar-refractivity contribution in [3.8, 4) is 0 Å². The number of rotatable bonds is 9. The smallest absolute Gasteiger partial charge is 0.0470 e. The first-order valence-corrected chi connectivity index (χ1v) is 7.67. The summed E-state index contributed by atoms with van der Waals surface area (Å²) < 4.78 is 0. The van der Waals surface area contributed by atoms with E-state index in [1.807, 2.05) is 0 Å². The molecular weight excluding hydrogens is 228 g/mol. The Morgan fingerprint density at radius 1 is 1.24 bits per heavy atom. The summed E-state index contributed by atoms with van der Waals surface area (Å²) >= 11 is 1.80. The molecule has 0 spiro atoms. The lowest BCUT2D eigenvalue weighted by molar-refractivity contribution is 0.476. The van der Waals surface area contributed by atoms with Gasteiger partial charge in [0.05, 0.1) is 0 Å². The quantitative estimate of drug-likeness (QED) is 0.391. The minimum atomic E-state index is 0.340. The van der Waals surface area contributed by atoms with Gasteiger partial charge in [-0.25, -0.2) is 0 Å². The summed E-state index contributed by atoms with van der Waals surface area (Å²) in [7, 11) is 0.